The smallest absolute Gasteiger partial charge is 0.262 e. The molecule has 7 heteroatoms. The van der Waals surface area contributed by atoms with E-state index in [-0.39, 0.29) is 6.54 Å². The van der Waals surface area contributed by atoms with Gasteiger partial charge in [-0.05, 0) is 12.1 Å². The van der Waals surface area contributed by atoms with Crippen molar-refractivity contribution in [3.63, 3.8) is 0 Å². The van der Waals surface area contributed by atoms with Crippen LogP contribution in [0.2, 0.25) is 0 Å². The van der Waals surface area contributed by atoms with Gasteiger partial charge in [0.05, 0.1) is 30.2 Å². The van der Waals surface area contributed by atoms with E-state index < -0.39 is 30.8 Å². The zero-order valence-corrected chi connectivity index (χ0v) is 10.6. The second-order valence-corrected chi connectivity index (χ2v) is 4.91. The number of nitrogens with zero attached hydrogens (tertiary/aromatic N) is 1. The highest BCUT2D eigenvalue weighted by Gasteiger charge is 2.42. The van der Waals surface area contributed by atoms with Gasteiger partial charge in [0.1, 0.15) is 5.82 Å². The number of rotatable bonds is 3. The molecule has 1 aliphatic heterocycles. The molecular weight excluding hydrogens is 266 g/mol. The minimum Gasteiger partial charge on any atom is -0.348 e. The number of carbonyl (C=O) groups excluding carboxylic acids is 1. The van der Waals surface area contributed by atoms with Crippen LogP contribution in [0.25, 0.3) is 11.0 Å². The van der Waals surface area contributed by atoms with Crippen molar-refractivity contribution in [3.05, 3.63) is 30.1 Å². The lowest BCUT2D eigenvalue weighted by Crippen LogP contribution is -2.40. The first-order valence-electron chi connectivity index (χ1n) is 6.36. The molecule has 1 unspecified atom stereocenters. The van der Waals surface area contributed by atoms with Crippen LogP contribution in [0.4, 0.5) is 8.78 Å². The molecule has 2 aromatic rings. The van der Waals surface area contributed by atoms with Gasteiger partial charge in [0.25, 0.3) is 5.92 Å². The summed E-state index contributed by atoms with van der Waals surface area (Å²) in [6, 6.07) is 6.65. The largest absolute Gasteiger partial charge is 0.348 e. The van der Waals surface area contributed by atoms with E-state index in [0.29, 0.717) is 5.82 Å². The first-order valence-corrected chi connectivity index (χ1v) is 6.36. The Morgan fingerprint density at radius 3 is 2.95 bits per heavy atom. The van der Waals surface area contributed by atoms with E-state index in [4.69, 9.17) is 0 Å². The minimum atomic E-state index is -2.80. The first-order chi connectivity index (χ1) is 9.53. The average molecular weight is 280 g/mol. The number of benzene rings is 1. The number of imidazole rings is 1. The number of hydrogen-bond donors (Lipinski definition) is 3. The van der Waals surface area contributed by atoms with Crippen molar-refractivity contribution in [3.8, 4) is 0 Å². The maximum atomic E-state index is 13.0. The number of amides is 1. The molecule has 3 rings (SSSR count). The lowest BCUT2D eigenvalue weighted by atomic mass is 10.2. The zero-order chi connectivity index (χ0) is 14.2. The van der Waals surface area contributed by atoms with Crippen molar-refractivity contribution in [1.82, 2.24) is 20.6 Å². The Kier molecular flexibility index (Phi) is 3.13. The van der Waals surface area contributed by atoms with E-state index in [1.807, 2.05) is 24.3 Å². The number of alkyl halides is 2. The Morgan fingerprint density at radius 1 is 1.45 bits per heavy atom. The summed E-state index contributed by atoms with van der Waals surface area (Å²) >= 11 is 0. The number of aromatic amines is 1. The second kappa shape index (κ2) is 4.82. The van der Waals surface area contributed by atoms with Gasteiger partial charge in [-0.15, -0.1) is 0 Å². The number of aromatic nitrogens is 2. The molecule has 1 aromatic heterocycles. The molecule has 1 saturated heterocycles. The van der Waals surface area contributed by atoms with E-state index in [1.165, 1.54) is 0 Å². The van der Waals surface area contributed by atoms with Crippen LogP contribution < -0.4 is 10.6 Å². The number of para-hydroxylation sites is 2. The van der Waals surface area contributed by atoms with Crippen molar-refractivity contribution in [1.29, 1.82) is 0 Å². The van der Waals surface area contributed by atoms with Gasteiger partial charge in [-0.1, -0.05) is 12.1 Å². The minimum absolute atomic E-state index is 0.192. The lowest BCUT2D eigenvalue weighted by molar-refractivity contribution is -0.123. The molecule has 0 radical (unpaired) electrons. The highest BCUT2D eigenvalue weighted by atomic mass is 19.3. The summed E-state index contributed by atoms with van der Waals surface area (Å²) in [6.45, 7) is -0.257. The van der Waals surface area contributed by atoms with Gasteiger partial charge in [0, 0.05) is 6.42 Å². The molecule has 3 N–H and O–H groups in total. The highest BCUT2D eigenvalue weighted by molar-refractivity contribution is 5.82. The molecule has 0 bridgehead atoms. The van der Waals surface area contributed by atoms with Gasteiger partial charge in [-0.2, -0.15) is 0 Å². The Labute approximate surface area is 113 Å². The topological polar surface area (TPSA) is 69.8 Å². The van der Waals surface area contributed by atoms with Crippen molar-refractivity contribution in [2.75, 3.05) is 6.54 Å². The third-order valence-corrected chi connectivity index (χ3v) is 3.29. The van der Waals surface area contributed by atoms with Crippen LogP contribution in [0.3, 0.4) is 0 Å². The zero-order valence-electron chi connectivity index (χ0n) is 10.6. The van der Waals surface area contributed by atoms with Crippen LogP contribution >= 0.6 is 0 Å². The van der Waals surface area contributed by atoms with Crippen LogP contribution in [0, 0.1) is 0 Å². The fourth-order valence-electron chi connectivity index (χ4n) is 2.28. The Bertz CT molecular complexity index is 607. The standard InChI is InChI=1S/C13H14F2N4O/c14-13(15)5-10(17-7-13)12(20)16-6-11-18-8-3-1-2-4-9(8)19-11/h1-4,10,17H,5-7H2,(H,16,20)(H,18,19). The number of carbonyl (C=O) groups is 1. The van der Waals surface area contributed by atoms with Gasteiger partial charge < -0.3 is 10.3 Å². The van der Waals surface area contributed by atoms with Gasteiger partial charge in [0.15, 0.2) is 0 Å². The molecule has 0 saturated carbocycles. The predicted octanol–water partition coefficient (Wildman–Crippen LogP) is 1.18. The van der Waals surface area contributed by atoms with E-state index in [2.05, 4.69) is 20.6 Å². The van der Waals surface area contributed by atoms with E-state index in [1.54, 1.807) is 0 Å². The van der Waals surface area contributed by atoms with E-state index >= 15 is 0 Å². The SMILES string of the molecule is O=C(NCc1nc2ccccc2[nH]1)C1CC(F)(F)CN1. The molecule has 5 nitrogen and oxygen atoms in total. The molecule has 0 spiro atoms. The molecule has 20 heavy (non-hydrogen) atoms. The molecule has 1 amide bonds. The number of nitrogens with one attached hydrogen (secondary N) is 3. The van der Waals surface area contributed by atoms with E-state index in [9.17, 15) is 13.6 Å². The van der Waals surface area contributed by atoms with Crippen LogP contribution in [0.1, 0.15) is 12.2 Å². The number of fused-ring (bicyclic) bond motifs is 1. The second-order valence-electron chi connectivity index (χ2n) is 4.91. The number of halogens is 2. The van der Waals surface area contributed by atoms with Crippen molar-refractivity contribution in [2.24, 2.45) is 0 Å². The number of hydrogen-bond acceptors (Lipinski definition) is 3. The van der Waals surface area contributed by atoms with Crippen LogP contribution in [-0.4, -0.2) is 34.4 Å². The Hall–Kier alpha value is -2.02. The summed E-state index contributed by atoms with van der Waals surface area (Å²) in [5.41, 5.74) is 1.68. The fourth-order valence-corrected chi connectivity index (χ4v) is 2.28. The molecule has 1 aromatic carbocycles. The maximum absolute atomic E-state index is 13.0. The van der Waals surface area contributed by atoms with Gasteiger partial charge in [-0.25, -0.2) is 13.8 Å². The molecule has 1 aliphatic rings. The summed E-state index contributed by atoms with van der Waals surface area (Å²) in [5.74, 6) is -2.63. The summed E-state index contributed by atoms with van der Waals surface area (Å²) in [7, 11) is 0. The van der Waals surface area contributed by atoms with Gasteiger partial charge >= 0.3 is 0 Å². The average Bonchev–Trinajstić information content (AvgIpc) is 2.98. The Balaban J connectivity index is 1.60. The first kappa shape index (κ1) is 13.0. The van der Waals surface area contributed by atoms with E-state index in [0.717, 1.165) is 11.0 Å². The highest BCUT2D eigenvalue weighted by Crippen LogP contribution is 2.25. The molecule has 2 heterocycles. The monoisotopic (exact) mass is 280 g/mol. The third kappa shape index (κ3) is 2.62. The summed E-state index contributed by atoms with van der Waals surface area (Å²) < 4.78 is 26.0. The van der Waals surface area contributed by atoms with Gasteiger partial charge in [0.2, 0.25) is 5.91 Å². The van der Waals surface area contributed by atoms with Crippen molar-refractivity contribution < 1.29 is 13.6 Å². The third-order valence-electron chi connectivity index (χ3n) is 3.29. The van der Waals surface area contributed by atoms with Crippen LogP contribution in [-0.2, 0) is 11.3 Å². The molecule has 1 fully saturated rings. The van der Waals surface area contributed by atoms with Crippen molar-refractivity contribution >= 4 is 16.9 Å². The maximum Gasteiger partial charge on any atom is 0.262 e. The predicted molar refractivity (Wildman–Crippen MR) is 69.3 cm³/mol. The van der Waals surface area contributed by atoms with Gasteiger partial charge in [-0.3, -0.25) is 10.1 Å². The lowest BCUT2D eigenvalue weighted by Gasteiger charge is -2.10. The molecule has 106 valence electrons. The summed E-state index contributed by atoms with van der Waals surface area (Å²) in [6.07, 6.45) is -0.459. The fraction of sp³-hybridized carbons (Fsp3) is 0.385. The molecular formula is C13H14F2N4O. The Morgan fingerprint density at radius 2 is 2.25 bits per heavy atom. The van der Waals surface area contributed by atoms with Crippen LogP contribution in [0.15, 0.2) is 24.3 Å². The normalized spacial score (nSPS) is 21.2. The molecule has 0 aliphatic carbocycles. The van der Waals surface area contributed by atoms with Crippen molar-refractivity contribution in [2.45, 2.75) is 24.9 Å². The summed E-state index contributed by atoms with van der Waals surface area (Å²) in [5, 5.41) is 5.13. The quantitative estimate of drug-likeness (QED) is 0.790. The molecule has 1 atom stereocenters. The van der Waals surface area contributed by atoms with Crippen LogP contribution in [0.5, 0.6) is 0 Å². The number of H-pyrrole nitrogens is 1. The summed E-state index contributed by atoms with van der Waals surface area (Å²) in [4.78, 5) is 19.1.